The summed E-state index contributed by atoms with van der Waals surface area (Å²) in [5.41, 5.74) is 2.09. The zero-order valence-corrected chi connectivity index (χ0v) is 25.0. The molecule has 41 heavy (non-hydrogen) atoms. The van der Waals surface area contributed by atoms with Crippen LogP contribution in [0.4, 0.5) is 10.5 Å². The van der Waals surface area contributed by atoms with Crippen molar-refractivity contribution in [3.63, 3.8) is 0 Å². The van der Waals surface area contributed by atoms with Gasteiger partial charge in [0.2, 0.25) is 5.91 Å². The smallest absolute Gasteiger partial charge is 0.335 e. The minimum absolute atomic E-state index is 0.178. The van der Waals surface area contributed by atoms with Gasteiger partial charge in [0.25, 0.3) is 11.1 Å². The highest BCUT2D eigenvalue weighted by atomic mass is 127. The molecule has 4 rings (SSSR count). The zero-order chi connectivity index (χ0) is 29.5. The van der Waals surface area contributed by atoms with Gasteiger partial charge in [0.15, 0.2) is 11.5 Å². The van der Waals surface area contributed by atoms with Gasteiger partial charge in [-0.25, -0.2) is 4.79 Å². The number of rotatable bonds is 11. The molecule has 0 aliphatic carbocycles. The summed E-state index contributed by atoms with van der Waals surface area (Å²) in [6.45, 7) is 1.96. The van der Waals surface area contributed by atoms with Crippen LogP contribution < -0.4 is 19.5 Å². The molecule has 0 atom stereocenters. The van der Waals surface area contributed by atoms with E-state index in [4.69, 9.17) is 19.3 Å². The molecule has 1 heterocycles. The first-order valence-electron chi connectivity index (χ1n) is 12.3. The van der Waals surface area contributed by atoms with Gasteiger partial charge in [-0.1, -0.05) is 12.1 Å². The topological polar surface area (TPSA) is 131 Å². The number of ether oxygens (including phenoxy) is 3. The SMILES string of the molecule is CCOc1cc(/C=C2/SC(=O)N(CC(=O)Nc3ccc(OC)cc3)C2=O)cc(I)c1OCc1ccc(C(=O)O)cc1. The van der Waals surface area contributed by atoms with Gasteiger partial charge >= 0.3 is 5.97 Å². The van der Waals surface area contributed by atoms with Crippen LogP contribution in [-0.4, -0.2) is 53.3 Å². The van der Waals surface area contributed by atoms with Crippen molar-refractivity contribution < 1.29 is 38.5 Å². The second kappa shape index (κ2) is 13.5. The molecule has 0 saturated carbocycles. The molecule has 10 nitrogen and oxygen atoms in total. The van der Waals surface area contributed by atoms with Gasteiger partial charge in [0.1, 0.15) is 18.9 Å². The quantitative estimate of drug-likeness (QED) is 0.194. The Morgan fingerprint density at radius 2 is 1.76 bits per heavy atom. The molecule has 1 saturated heterocycles. The molecule has 212 valence electrons. The minimum atomic E-state index is -1.00. The number of carbonyl (C=O) groups excluding carboxylic acids is 3. The van der Waals surface area contributed by atoms with Crippen molar-refractivity contribution in [2.75, 3.05) is 25.6 Å². The van der Waals surface area contributed by atoms with E-state index in [-0.39, 0.29) is 17.1 Å². The largest absolute Gasteiger partial charge is 0.497 e. The Morgan fingerprint density at radius 3 is 2.39 bits per heavy atom. The third-order valence-electron chi connectivity index (χ3n) is 5.76. The highest BCUT2D eigenvalue weighted by Gasteiger charge is 2.36. The Kier molecular flexibility index (Phi) is 9.89. The van der Waals surface area contributed by atoms with E-state index in [1.165, 1.54) is 19.2 Å². The van der Waals surface area contributed by atoms with E-state index in [1.54, 1.807) is 54.6 Å². The molecular weight excluding hydrogens is 663 g/mol. The summed E-state index contributed by atoms with van der Waals surface area (Å²) in [6, 6.07) is 16.6. The molecule has 3 aromatic carbocycles. The molecule has 2 N–H and O–H groups in total. The third kappa shape index (κ3) is 7.58. The fourth-order valence-electron chi connectivity index (χ4n) is 3.78. The van der Waals surface area contributed by atoms with E-state index in [2.05, 4.69) is 27.9 Å². The Morgan fingerprint density at radius 1 is 1.05 bits per heavy atom. The average Bonchev–Trinajstić information content (AvgIpc) is 3.20. The molecule has 1 fully saturated rings. The molecule has 0 spiro atoms. The van der Waals surface area contributed by atoms with Crippen LogP contribution in [0.3, 0.4) is 0 Å². The molecular formula is C29H25IN2O8S. The Hall–Kier alpha value is -4.04. The fourth-order valence-corrected chi connectivity index (χ4v) is 5.40. The molecule has 0 aromatic heterocycles. The molecule has 3 amide bonds. The van der Waals surface area contributed by atoms with Gasteiger partial charge in [0, 0.05) is 5.69 Å². The van der Waals surface area contributed by atoms with Crippen molar-refractivity contribution in [1.29, 1.82) is 0 Å². The fraction of sp³-hybridized carbons (Fsp3) is 0.172. The number of benzene rings is 3. The van der Waals surface area contributed by atoms with E-state index in [1.807, 2.05) is 6.92 Å². The van der Waals surface area contributed by atoms with Crippen LogP contribution in [0.15, 0.2) is 65.6 Å². The number of imide groups is 1. The number of nitrogens with one attached hydrogen (secondary N) is 1. The van der Waals surface area contributed by atoms with E-state index in [0.717, 1.165) is 22.2 Å². The van der Waals surface area contributed by atoms with Crippen LogP contribution in [0.2, 0.25) is 0 Å². The standard InChI is InChI=1S/C29H25IN2O8S/c1-3-39-23-13-18(12-22(30)26(23)40-16-17-4-6-19(7-5-17)28(35)36)14-24-27(34)32(29(37)41-24)15-25(33)31-20-8-10-21(38-2)11-9-20/h4-14H,3,15-16H2,1-2H3,(H,31,33)(H,35,36)/b24-14+. The lowest BCUT2D eigenvalue weighted by molar-refractivity contribution is -0.127. The summed E-state index contributed by atoms with van der Waals surface area (Å²) in [7, 11) is 1.54. The highest BCUT2D eigenvalue weighted by Crippen LogP contribution is 2.38. The average molecular weight is 688 g/mol. The molecule has 0 bridgehead atoms. The van der Waals surface area contributed by atoms with E-state index >= 15 is 0 Å². The maximum Gasteiger partial charge on any atom is 0.335 e. The number of hydrogen-bond donors (Lipinski definition) is 2. The van der Waals surface area contributed by atoms with Crippen LogP contribution in [0.5, 0.6) is 17.2 Å². The molecule has 1 aliphatic heterocycles. The number of carboxylic acids is 1. The Balaban J connectivity index is 1.46. The molecule has 0 radical (unpaired) electrons. The summed E-state index contributed by atoms with van der Waals surface area (Å²) >= 11 is 2.85. The second-order valence-electron chi connectivity index (χ2n) is 8.60. The monoisotopic (exact) mass is 688 g/mol. The number of aromatic carboxylic acids is 1. The van der Waals surface area contributed by atoms with Gasteiger partial charge in [-0.05, 0) is 107 Å². The van der Waals surface area contributed by atoms with Crippen LogP contribution >= 0.6 is 34.4 Å². The first-order chi connectivity index (χ1) is 19.7. The first-order valence-corrected chi connectivity index (χ1v) is 14.2. The van der Waals surface area contributed by atoms with Gasteiger partial charge in [-0.2, -0.15) is 0 Å². The first kappa shape index (κ1) is 29.9. The predicted octanol–water partition coefficient (Wildman–Crippen LogP) is 5.65. The summed E-state index contributed by atoms with van der Waals surface area (Å²) in [4.78, 5) is 50.3. The maximum absolute atomic E-state index is 13.0. The van der Waals surface area contributed by atoms with Gasteiger partial charge in [0.05, 0.1) is 27.8 Å². The Bertz CT molecular complexity index is 1510. The third-order valence-corrected chi connectivity index (χ3v) is 7.47. The van der Waals surface area contributed by atoms with Crippen molar-refractivity contribution in [3.05, 3.63) is 85.8 Å². The number of nitrogens with zero attached hydrogens (tertiary/aromatic N) is 1. The maximum atomic E-state index is 13.0. The Labute approximate surface area is 253 Å². The molecule has 0 unspecified atom stereocenters. The number of thioether (sulfide) groups is 1. The van der Waals surface area contributed by atoms with Crippen molar-refractivity contribution >= 4 is 69.1 Å². The predicted molar refractivity (Wildman–Crippen MR) is 162 cm³/mol. The van der Waals surface area contributed by atoms with Crippen molar-refractivity contribution in [2.45, 2.75) is 13.5 Å². The number of hydrogen-bond acceptors (Lipinski definition) is 8. The summed E-state index contributed by atoms with van der Waals surface area (Å²) in [5, 5.41) is 11.2. The number of amides is 3. The van der Waals surface area contributed by atoms with Gasteiger partial charge in [-0.15, -0.1) is 0 Å². The lowest BCUT2D eigenvalue weighted by Gasteiger charge is -2.15. The summed E-state index contributed by atoms with van der Waals surface area (Å²) in [6.07, 6.45) is 1.57. The van der Waals surface area contributed by atoms with Crippen LogP contribution in [0.25, 0.3) is 6.08 Å². The second-order valence-corrected chi connectivity index (χ2v) is 10.8. The van der Waals surface area contributed by atoms with Crippen molar-refractivity contribution in [2.24, 2.45) is 0 Å². The van der Waals surface area contributed by atoms with E-state index in [9.17, 15) is 19.2 Å². The van der Waals surface area contributed by atoms with E-state index < -0.39 is 29.6 Å². The highest BCUT2D eigenvalue weighted by molar-refractivity contribution is 14.1. The number of carbonyl (C=O) groups is 4. The lowest BCUT2D eigenvalue weighted by atomic mass is 10.1. The van der Waals surface area contributed by atoms with Crippen LogP contribution in [0, 0.1) is 3.57 Å². The number of methoxy groups -OCH3 is 1. The lowest BCUT2D eigenvalue weighted by Crippen LogP contribution is -2.36. The van der Waals surface area contributed by atoms with Gasteiger partial charge < -0.3 is 24.6 Å². The molecule has 3 aromatic rings. The zero-order valence-electron chi connectivity index (χ0n) is 22.0. The summed E-state index contributed by atoms with van der Waals surface area (Å²) < 4.78 is 17.6. The normalized spacial score (nSPS) is 13.8. The number of anilines is 1. The minimum Gasteiger partial charge on any atom is -0.497 e. The number of carboxylic acid groups (broad SMARTS) is 1. The van der Waals surface area contributed by atoms with Crippen LogP contribution in [0.1, 0.15) is 28.4 Å². The van der Waals surface area contributed by atoms with Crippen LogP contribution in [-0.2, 0) is 16.2 Å². The number of halogens is 1. The van der Waals surface area contributed by atoms with Gasteiger partial charge in [-0.3, -0.25) is 19.3 Å². The molecule has 12 heteroatoms. The van der Waals surface area contributed by atoms with Crippen molar-refractivity contribution in [1.82, 2.24) is 4.90 Å². The summed E-state index contributed by atoms with van der Waals surface area (Å²) in [5.74, 6) is -0.501. The van der Waals surface area contributed by atoms with E-state index in [0.29, 0.717) is 38.7 Å². The van der Waals surface area contributed by atoms with Crippen molar-refractivity contribution in [3.8, 4) is 17.2 Å². The molecule has 1 aliphatic rings.